The van der Waals surface area contributed by atoms with E-state index in [1.807, 2.05) is 0 Å². The van der Waals surface area contributed by atoms with E-state index in [-0.39, 0.29) is 12.1 Å². The van der Waals surface area contributed by atoms with Gasteiger partial charge < -0.3 is 15.4 Å². The molecule has 1 aromatic rings. The molecule has 3 heterocycles. The molecule has 3 N–H and O–H groups in total. The summed E-state index contributed by atoms with van der Waals surface area (Å²) in [6, 6.07) is 0.239. The Kier molecular flexibility index (Phi) is 3.22. The molecule has 2 saturated heterocycles. The van der Waals surface area contributed by atoms with Crippen LogP contribution in [0.2, 0.25) is 0 Å². The minimum atomic E-state index is 0.0831. The molecule has 0 spiro atoms. The molecule has 18 heavy (non-hydrogen) atoms. The van der Waals surface area contributed by atoms with E-state index in [0.717, 1.165) is 50.5 Å². The zero-order valence-electron chi connectivity index (χ0n) is 10.8. The molecule has 3 unspecified atom stereocenters. The first-order chi connectivity index (χ1) is 8.72. The van der Waals surface area contributed by atoms with Crippen LogP contribution < -0.4 is 10.6 Å². The van der Waals surface area contributed by atoms with Crippen molar-refractivity contribution in [3.05, 3.63) is 5.82 Å². The van der Waals surface area contributed by atoms with Gasteiger partial charge >= 0.3 is 0 Å². The molecule has 2 aliphatic rings. The number of rotatable bonds is 2. The van der Waals surface area contributed by atoms with Crippen LogP contribution in [-0.2, 0) is 4.74 Å². The summed E-state index contributed by atoms with van der Waals surface area (Å²) in [5.74, 6) is 1.62. The molecule has 3 rings (SSSR count). The highest BCUT2D eigenvalue weighted by atomic mass is 16.5. The lowest BCUT2D eigenvalue weighted by atomic mass is 10.1. The minimum absolute atomic E-state index is 0.0831. The number of hydrogen-bond donors (Lipinski definition) is 2. The van der Waals surface area contributed by atoms with Gasteiger partial charge in [0.2, 0.25) is 5.95 Å². The molecular weight excluding hydrogens is 230 g/mol. The van der Waals surface area contributed by atoms with Crippen molar-refractivity contribution >= 4 is 5.95 Å². The van der Waals surface area contributed by atoms with E-state index in [0.29, 0.717) is 6.10 Å². The van der Waals surface area contributed by atoms with Gasteiger partial charge in [-0.15, -0.1) is 5.10 Å². The SMILES string of the molecule is CC1CCC(c2nc(N3CCCC(N)C3)n[nH]2)O1. The molecule has 0 aliphatic carbocycles. The number of anilines is 1. The largest absolute Gasteiger partial charge is 0.367 e. The number of hydrogen-bond acceptors (Lipinski definition) is 5. The second kappa shape index (κ2) is 4.85. The van der Waals surface area contributed by atoms with Crippen LogP contribution in [0.4, 0.5) is 5.95 Å². The van der Waals surface area contributed by atoms with Crippen molar-refractivity contribution in [3.8, 4) is 0 Å². The van der Waals surface area contributed by atoms with Crippen LogP contribution in [0.15, 0.2) is 0 Å². The summed E-state index contributed by atoms with van der Waals surface area (Å²) < 4.78 is 5.79. The van der Waals surface area contributed by atoms with Crippen molar-refractivity contribution < 1.29 is 4.74 Å². The van der Waals surface area contributed by atoms with Crippen molar-refractivity contribution in [1.82, 2.24) is 15.2 Å². The van der Waals surface area contributed by atoms with Gasteiger partial charge in [-0.1, -0.05) is 0 Å². The summed E-state index contributed by atoms with van der Waals surface area (Å²) >= 11 is 0. The molecule has 0 aromatic carbocycles. The average Bonchev–Trinajstić information content (AvgIpc) is 2.97. The standard InChI is InChI=1S/C12H21N5O/c1-8-4-5-10(18-8)11-14-12(16-15-11)17-6-2-3-9(13)7-17/h8-10H,2-7,13H2,1H3,(H,14,15,16). The second-order valence-electron chi connectivity index (χ2n) is 5.38. The molecule has 3 atom stereocenters. The van der Waals surface area contributed by atoms with Gasteiger partial charge in [0.25, 0.3) is 0 Å². The Hall–Kier alpha value is -1.14. The zero-order chi connectivity index (χ0) is 12.5. The second-order valence-corrected chi connectivity index (χ2v) is 5.38. The predicted molar refractivity (Wildman–Crippen MR) is 68.3 cm³/mol. The van der Waals surface area contributed by atoms with Crippen molar-refractivity contribution in [2.75, 3.05) is 18.0 Å². The maximum absolute atomic E-state index is 5.98. The fraction of sp³-hybridized carbons (Fsp3) is 0.833. The van der Waals surface area contributed by atoms with Crippen LogP contribution in [0.3, 0.4) is 0 Å². The lowest BCUT2D eigenvalue weighted by Gasteiger charge is -2.29. The zero-order valence-corrected chi connectivity index (χ0v) is 10.8. The molecule has 6 heteroatoms. The maximum Gasteiger partial charge on any atom is 0.244 e. The molecule has 0 amide bonds. The van der Waals surface area contributed by atoms with Gasteiger partial charge in [0.05, 0.1) is 6.10 Å². The number of aromatic amines is 1. The Labute approximate surface area is 107 Å². The van der Waals surface area contributed by atoms with Gasteiger partial charge in [0.15, 0.2) is 5.82 Å². The topological polar surface area (TPSA) is 80.1 Å². The van der Waals surface area contributed by atoms with Gasteiger partial charge in [0.1, 0.15) is 6.10 Å². The van der Waals surface area contributed by atoms with E-state index in [1.165, 1.54) is 0 Å². The van der Waals surface area contributed by atoms with Gasteiger partial charge in [-0.3, -0.25) is 5.10 Å². The van der Waals surface area contributed by atoms with E-state index >= 15 is 0 Å². The molecular formula is C12H21N5O. The number of H-pyrrole nitrogens is 1. The third-order valence-corrected chi connectivity index (χ3v) is 3.77. The van der Waals surface area contributed by atoms with Crippen LogP contribution >= 0.6 is 0 Å². The Morgan fingerprint density at radius 3 is 3.00 bits per heavy atom. The molecule has 2 fully saturated rings. The lowest BCUT2D eigenvalue weighted by molar-refractivity contribution is 0.0505. The summed E-state index contributed by atoms with van der Waals surface area (Å²) in [5.41, 5.74) is 5.98. The molecule has 1 aromatic heterocycles. The summed E-state index contributed by atoms with van der Waals surface area (Å²) in [7, 11) is 0. The predicted octanol–water partition coefficient (Wildman–Crippen LogP) is 0.972. The highest BCUT2D eigenvalue weighted by Gasteiger charge is 2.27. The van der Waals surface area contributed by atoms with E-state index in [2.05, 4.69) is 27.0 Å². The van der Waals surface area contributed by atoms with Crippen molar-refractivity contribution in [2.45, 2.75) is 50.9 Å². The molecule has 0 saturated carbocycles. The number of ether oxygens (including phenoxy) is 1. The summed E-state index contributed by atoms with van der Waals surface area (Å²) in [6.07, 6.45) is 4.73. The normalized spacial score (nSPS) is 33.0. The van der Waals surface area contributed by atoms with Crippen LogP contribution in [-0.4, -0.2) is 40.4 Å². The van der Waals surface area contributed by atoms with Crippen LogP contribution in [0.1, 0.15) is 44.5 Å². The van der Waals surface area contributed by atoms with Crippen LogP contribution in [0.5, 0.6) is 0 Å². The summed E-state index contributed by atoms with van der Waals surface area (Å²) in [5, 5.41) is 7.31. The first-order valence-corrected chi connectivity index (χ1v) is 6.80. The number of nitrogens with two attached hydrogens (primary N) is 1. The molecule has 2 aliphatic heterocycles. The van der Waals surface area contributed by atoms with Gasteiger partial charge in [0, 0.05) is 19.1 Å². The van der Waals surface area contributed by atoms with Gasteiger partial charge in [-0.2, -0.15) is 4.98 Å². The first kappa shape index (κ1) is 11.9. The fourth-order valence-corrected chi connectivity index (χ4v) is 2.75. The monoisotopic (exact) mass is 251 g/mol. The number of nitrogens with one attached hydrogen (secondary N) is 1. The van der Waals surface area contributed by atoms with E-state index in [4.69, 9.17) is 10.5 Å². The lowest BCUT2D eigenvalue weighted by Crippen LogP contribution is -2.43. The Morgan fingerprint density at radius 2 is 2.28 bits per heavy atom. The number of aromatic nitrogens is 3. The number of nitrogens with zero attached hydrogens (tertiary/aromatic N) is 3. The van der Waals surface area contributed by atoms with Crippen molar-refractivity contribution in [1.29, 1.82) is 0 Å². The Morgan fingerprint density at radius 1 is 1.39 bits per heavy atom. The number of piperidine rings is 1. The van der Waals surface area contributed by atoms with E-state index in [9.17, 15) is 0 Å². The van der Waals surface area contributed by atoms with Crippen LogP contribution in [0.25, 0.3) is 0 Å². The summed E-state index contributed by atoms with van der Waals surface area (Å²) in [6.45, 7) is 3.94. The summed E-state index contributed by atoms with van der Waals surface area (Å²) in [4.78, 5) is 6.72. The smallest absolute Gasteiger partial charge is 0.244 e. The Balaban J connectivity index is 1.69. The van der Waals surface area contributed by atoms with Crippen LogP contribution in [0, 0.1) is 0 Å². The van der Waals surface area contributed by atoms with Gasteiger partial charge in [-0.25, -0.2) is 0 Å². The first-order valence-electron chi connectivity index (χ1n) is 6.80. The molecule has 0 bridgehead atoms. The highest BCUT2D eigenvalue weighted by molar-refractivity contribution is 5.30. The molecule has 6 nitrogen and oxygen atoms in total. The molecule has 100 valence electrons. The molecule has 0 radical (unpaired) electrons. The van der Waals surface area contributed by atoms with Crippen molar-refractivity contribution in [2.24, 2.45) is 5.73 Å². The van der Waals surface area contributed by atoms with E-state index in [1.54, 1.807) is 0 Å². The van der Waals surface area contributed by atoms with Crippen molar-refractivity contribution in [3.63, 3.8) is 0 Å². The third-order valence-electron chi connectivity index (χ3n) is 3.77. The minimum Gasteiger partial charge on any atom is -0.367 e. The maximum atomic E-state index is 5.98. The van der Waals surface area contributed by atoms with Gasteiger partial charge in [-0.05, 0) is 32.6 Å². The van der Waals surface area contributed by atoms with E-state index < -0.39 is 0 Å². The third kappa shape index (κ3) is 2.35. The quantitative estimate of drug-likeness (QED) is 0.818. The fourth-order valence-electron chi connectivity index (χ4n) is 2.75. The average molecular weight is 251 g/mol. The Bertz CT molecular complexity index is 407. The highest BCUT2D eigenvalue weighted by Crippen LogP contribution is 2.31.